The van der Waals surface area contributed by atoms with Gasteiger partial charge in [-0.05, 0) is 31.4 Å². The van der Waals surface area contributed by atoms with Crippen LogP contribution in [0.2, 0.25) is 5.15 Å². The monoisotopic (exact) mass is 258 g/mol. The summed E-state index contributed by atoms with van der Waals surface area (Å²) in [5.74, 6) is 1.44. The first-order chi connectivity index (χ1) is 8.70. The van der Waals surface area contributed by atoms with Gasteiger partial charge in [0.25, 0.3) is 0 Å². The van der Waals surface area contributed by atoms with Gasteiger partial charge in [0.1, 0.15) is 11.0 Å². The molecule has 2 nitrogen and oxygen atoms in total. The van der Waals surface area contributed by atoms with Crippen molar-refractivity contribution in [2.24, 2.45) is 0 Å². The molecule has 0 radical (unpaired) electrons. The third kappa shape index (κ3) is 2.70. The average molecular weight is 259 g/mol. The molecule has 18 heavy (non-hydrogen) atoms. The van der Waals surface area contributed by atoms with Gasteiger partial charge in [-0.3, -0.25) is 0 Å². The highest BCUT2D eigenvalue weighted by Gasteiger charge is 2.25. The molecule has 0 spiro atoms. The van der Waals surface area contributed by atoms with Gasteiger partial charge in [0.05, 0.1) is 0 Å². The first-order valence-electron chi connectivity index (χ1n) is 6.29. The third-order valence-corrected chi connectivity index (χ3v) is 3.39. The summed E-state index contributed by atoms with van der Waals surface area (Å²) in [4.78, 5) is 8.95. The highest BCUT2D eigenvalue weighted by atomic mass is 35.5. The SMILES string of the molecule is Cc1cccc(Cc2nc(Cl)cc(C3CC3)n2)c1. The third-order valence-electron chi connectivity index (χ3n) is 3.20. The number of hydrogen-bond donors (Lipinski definition) is 0. The van der Waals surface area contributed by atoms with E-state index in [1.165, 1.54) is 24.0 Å². The van der Waals surface area contributed by atoms with Crippen LogP contribution in [0.1, 0.15) is 41.4 Å². The summed E-state index contributed by atoms with van der Waals surface area (Å²) < 4.78 is 0. The minimum absolute atomic E-state index is 0.564. The Morgan fingerprint density at radius 1 is 1.22 bits per heavy atom. The smallest absolute Gasteiger partial charge is 0.134 e. The molecule has 1 aliphatic rings. The second-order valence-electron chi connectivity index (χ2n) is 4.97. The van der Waals surface area contributed by atoms with Crippen LogP contribution in [0.3, 0.4) is 0 Å². The molecule has 0 N–H and O–H groups in total. The van der Waals surface area contributed by atoms with Crippen molar-refractivity contribution in [3.63, 3.8) is 0 Å². The van der Waals surface area contributed by atoms with E-state index in [0.29, 0.717) is 11.1 Å². The van der Waals surface area contributed by atoms with Gasteiger partial charge in [-0.15, -0.1) is 0 Å². The van der Waals surface area contributed by atoms with Crippen molar-refractivity contribution in [1.82, 2.24) is 9.97 Å². The number of benzene rings is 1. The van der Waals surface area contributed by atoms with E-state index >= 15 is 0 Å². The van der Waals surface area contributed by atoms with Crippen LogP contribution in [0.5, 0.6) is 0 Å². The lowest BCUT2D eigenvalue weighted by molar-refractivity contribution is 0.899. The molecule has 0 aliphatic heterocycles. The van der Waals surface area contributed by atoms with Crippen molar-refractivity contribution >= 4 is 11.6 Å². The van der Waals surface area contributed by atoms with Crippen molar-refractivity contribution < 1.29 is 0 Å². The number of hydrogen-bond acceptors (Lipinski definition) is 2. The Bertz CT molecular complexity index is 576. The molecule has 3 heteroatoms. The summed E-state index contributed by atoms with van der Waals surface area (Å²) in [7, 11) is 0. The van der Waals surface area contributed by atoms with Gasteiger partial charge < -0.3 is 0 Å². The maximum absolute atomic E-state index is 6.07. The van der Waals surface area contributed by atoms with E-state index in [0.717, 1.165) is 17.9 Å². The molecule has 0 amide bonds. The Hall–Kier alpha value is -1.41. The second kappa shape index (κ2) is 4.69. The summed E-state index contributed by atoms with van der Waals surface area (Å²) >= 11 is 6.07. The molecular weight excluding hydrogens is 244 g/mol. The minimum atomic E-state index is 0.564. The van der Waals surface area contributed by atoms with E-state index < -0.39 is 0 Å². The van der Waals surface area contributed by atoms with Gasteiger partial charge in [0, 0.05) is 18.0 Å². The van der Waals surface area contributed by atoms with Gasteiger partial charge >= 0.3 is 0 Å². The molecular formula is C15H15ClN2. The fraction of sp³-hybridized carbons (Fsp3) is 0.333. The largest absolute Gasteiger partial charge is 0.237 e. The van der Waals surface area contributed by atoms with Crippen molar-refractivity contribution in [3.05, 3.63) is 58.1 Å². The van der Waals surface area contributed by atoms with Crippen molar-refractivity contribution in [1.29, 1.82) is 0 Å². The molecule has 3 rings (SSSR count). The summed E-state index contributed by atoms with van der Waals surface area (Å²) in [5.41, 5.74) is 3.61. The van der Waals surface area contributed by atoms with E-state index in [2.05, 4.69) is 41.2 Å². The Morgan fingerprint density at radius 2 is 2.06 bits per heavy atom. The van der Waals surface area contributed by atoms with E-state index in [9.17, 15) is 0 Å². The van der Waals surface area contributed by atoms with Crippen LogP contribution in [-0.4, -0.2) is 9.97 Å². The van der Waals surface area contributed by atoms with Crippen molar-refractivity contribution in [3.8, 4) is 0 Å². The number of halogens is 1. The number of aryl methyl sites for hydroxylation is 1. The maximum atomic E-state index is 6.07. The van der Waals surface area contributed by atoms with Crippen LogP contribution in [0.25, 0.3) is 0 Å². The van der Waals surface area contributed by atoms with Crippen LogP contribution >= 0.6 is 11.6 Å². The number of nitrogens with zero attached hydrogens (tertiary/aromatic N) is 2. The fourth-order valence-corrected chi connectivity index (χ4v) is 2.37. The lowest BCUT2D eigenvalue weighted by Crippen LogP contribution is -2.00. The molecule has 0 unspecified atom stereocenters. The average Bonchev–Trinajstić information content (AvgIpc) is 3.11. The molecule has 0 atom stereocenters. The topological polar surface area (TPSA) is 25.8 Å². The van der Waals surface area contributed by atoms with Crippen LogP contribution in [0.4, 0.5) is 0 Å². The zero-order valence-electron chi connectivity index (χ0n) is 10.4. The van der Waals surface area contributed by atoms with Crippen molar-refractivity contribution in [2.75, 3.05) is 0 Å². The van der Waals surface area contributed by atoms with Gasteiger partial charge in [-0.25, -0.2) is 9.97 Å². The predicted octanol–water partition coefficient (Wildman–Crippen LogP) is 3.91. The van der Waals surface area contributed by atoms with Crippen LogP contribution < -0.4 is 0 Å². The van der Waals surface area contributed by atoms with E-state index in [4.69, 9.17) is 11.6 Å². The van der Waals surface area contributed by atoms with Gasteiger partial charge in [0.2, 0.25) is 0 Å². The van der Waals surface area contributed by atoms with Crippen LogP contribution in [0.15, 0.2) is 30.3 Å². The molecule has 1 saturated carbocycles. The van der Waals surface area contributed by atoms with Gasteiger partial charge in [-0.1, -0.05) is 41.4 Å². The fourth-order valence-electron chi connectivity index (χ4n) is 2.16. The Morgan fingerprint density at radius 3 is 2.78 bits per heavy atom. The van der Waals surface area contributed by atoms with E-state index in [-0.39, 0.29) is 0 Å². The van der Waals surface area contributed by atoms with Crippen LogP contribution in [-0.2, 0) is 6.42 Å². The highest BCUT2D eigenvalue weighted by Crippen LogP contribution is 2.39. The Balaban J connectivity index is 1.87. The van der Waals surface area contributed by atoms with E-state index in [1.807, 2.05) is 6.07 Å². The van der Waals surface area contributed by atoms with Crippen molar-refractivity contribution in [2.45, 2.75) is 32.1 Å². The quantitative estimate of drug-likeness (QED) is 0.780. The molecule has 92 valence electrons. The summed E-state index contributed by atoms with van der Waals surface area (Å²) in [5, 5.41) is 0.564. The summed E-state index contributed by atoms with van der Waals surface area (Å²) in [6.07, 6.45) is 3.22. The molecule has 0 bridgehead atoms. The molecule has 1 fully saturated rings. The molecule has 0 saturated heterocycles. The predicted molar refractivity (Wildman–Crippen MR) is 73.0 cm³/mol. The Labute approximate surface area is 112 Å². The number of rotatable bonds is 3. The highest BCUT2D eigenvalue weighted by molar-refractivity contribution is 6.29. The molecule has 1 aromatic carbocycles. The zero-order valence-corrected chi connectivity index (χ0v) is 11.1. The summed E-state index contributed by atoms with van der Waals surface area (Å²) in [6.45, 7) is 2.10. The Kier molecular flexibility index (Phi) is 3.04. The number of aromatic nitrogens is 2. The lowest BCUT2D eigenvalue weighted by atomic mass is 10.1. The summed E-state index contributed by atoms with van der Waals surface area (Å²) in [6, 6.07) is 10.3. The first kappa shape index (κ1) is 11.7. The van der Waals surface area contributed by atoms with E-state index in [1.54, 1.807) is 0 Å². The molecule has 1 aliphatic carbocycles. The standard InChI is InChI=1S/C15H15ClN2/c1-10-3-2-4-11(7-10)8-15-17-13(12-5-6-12)9-14(16)18-15/h2-4,7,9,12H,5-6,8H2,1H3. The first-order valence-corrected chi connectivity index (χ1v) is 6.67. The molecule has 1 aromatic heterocycles. The molecule has 1 heterocycles. The van der Waals surface area contributed by atoms with Gasteiger partial charge in [-0.2, -0.15) is 0 Å². The minimum Gasteiger partial charge on any atom is -0.237 e. The van der Waals surface area contributed by atoms with Crippen LogP contribution in [0, 0.1) is 6.92 Å². The molecule has 2 aromatic rings. The second-order valence-corrected chi connectivity index (χ2v) is 5.36. The lowest BCUT2D eigenvalue weighted by Gasteiger charge is -2.05. The normalized spacial score (nSPS) is 14.8. The maximum Gasteiger partial charge on any atom is 0.134 e. The van der Waals surface area contributed by atoms with Gasteiger partial charge in [0.15, 0.2) is 0 Å². The zero-order chi connectivity index (χ0) is 12.5.